The second kappa shape index (κ2) is 7.67. The van der Waals surface area contributed by atoms with Gasteiger partial charge in [0.2, 0.25) is 0 Å². The van der Waals surface area contributed by atoms with Gasteiger partial charge < -0.3 is 15.0 Å². The minimum absolute atomic E-state index is 0.208. The van der Waals surface area contributed by atoms with Gasteiger partial charge in [0.25, 0.3) is 0 Å². The third-order valence-corrected chi connectivity index (χ3v) is 2.89. The number of nitrogens with zero attached hydrogens (tertiary/aromatic N) is 1. The summed E-state index contributed by atoms with van der Waals surface area (Å²) in [6, 6.07) is 6.05. The van der Waals surface area contributed by atoms with Crippen molar-refractivity contribution in [2.45, 2.75) is 26.7 Å². The molecule has 1 aromatic rings. The molecule has 0 saturated heterocycles. The molecule has 0 amide bonds. The number of anilines is 2. The Kier molecular flexibility index (Phi) is 6.19. The lowest BCUT2D eigenvalue weighted by molar-refractivity contribution is -0.141. The number of hydrogen-bond donors (Lipinski definition) is 1. The average Bonchev–Trinajstić information content (AvgIpc) is 2.37. The monoisotopic (exact) mass is 264 g/mol. The van der Waals surface area contributed by atoms with Gasteiger partial charge in [-0.2, -0.15) is 0 Å². The Morgan fingerprint density at radius 3 is 2.74 bits per heavy atom. The molecule has 0 aromatic heterocycles. The summed E-state index contributed by atoms with van der Waals surface area (Å²) in [5.74, 6) is -0.208. The lowest BCUT2D eigenvalue weighted by Gasteiger charge is -2.17. The average molecular weight is 264 g/mol. The maximum atomic E-state index is 11.5. The second-order valence-corrected chi connectivity index (χ2v) is 4.82. The van der Waals surface area contributed by atoms with Crippen LogP contribution in [-0.2, 0) is 9.53 Å². The number of hydrogen-bond acceptors (Lipinski definition) is 4. The molecule has 1 aromatic carbocycles. The summed E-state index contributed by atoms with van der Waals surface area (Å²) in [4.78, 5) is 13.5. The summed E-state index contributed by atoms with van der Waals surface area (Å²) < 4.78 is 5.09. The summed E-state index contributed by atoms with van der Waals surface area (Å²) in [6.45, 7) is 4.85. The van der Waals surface area contributed by atoms with Crippen molar-refractivity contribution in [2.75, 3.05) is 37.5 Å². The molecule has 0 bridgehead atoms. The van der Waals surface area contributed by atoms with Crippen molar-refractivity contribution in [3.63, 3.8) is 0 Å². The number of benzene rings is 1. The van der Waals surface area contributed by atoms with Crippen molar-refractivity contribution in [1.29, 1.82) is 0 Å². The molecule has 0 aliphatic rings. The van der Waals surface area contributed by atoms with E-state index in [1.165, 1.54) is 5.56 Å². The van der Waals surface area contributed by atoms with E-state index in [4.69, 9.17) is 4.74 Å². The molecule has 1 rings (SSSR count). The molecule has 0 radical (unpaired) electrons. The van der Waals surface area contributed by atoms with E-state index in [0.29, 0.717) is 6.61 Å². The smallest absolute Gasteiger partial charge is 0.325 e. The minimum atomic E-state index is -0.208. The number of ether oxygens (including phenoxy) is 1. The molecule has 1 N–H and O–H groups in total. The predicted octanol–water partition coefficient (Wildman–Crippen LogP) is 2.82. The number of nitrogens with one attached hydrogen (secondary N) is 1. The highest BCUT2D eigenvalue weighted by molar-refractivity contribution is 5.75. The molecule has 0 aliphatic carbocycles. The van der Waals surface area contributed by atoms with Crippen LogP contribution in [0.1, 0.15) is 25.3 Å². The fourth-order valence-corrected chi connectivity index (χ4v) is 1.76. The van der Waals surface area contributed by atoms with Crippen LogP contribution in [0, 0.1) is 6.92 Å². The summed E-state index contributed by atoms with van der Waals surface area (Å²) in [5, 5.41) is 3.09. The van der Waals surface area contributed by atoms with Crippen LogP contribution in [0.25, 0.3) is 0 Å². The molecule has 0 unspecified atom stereocenters. The highest BCUT2D eigenvalue weighted by Crippen LogP contribution is 2.22. The summed E-state index contributed by atoms with van der Waals surface area (Å²) >= 11 is 0. The van der Waals surface area contributed by atoms with Crippen molar-refractivity contribution in [3.8, 4) is 0 Å². The van der Waals surface area contributed by atoms with E-state index in [9.17, 15) is 4.79 Å². The second-order valence-electron chi connectivity index (χ2n) is 4.82. The normalized spacial score (nSPS) is 10.1. The van der Waals surface area contributed by atoms with E-state index in [-0.39, 0.29) is 12.5 Å². The van der Waals surface area contributed by atoms with Crippen LogP contribution in [0.4, 0.5) is 11.4 Å². The van der Waals surface area contributed by atoms with Gasteiger partial charge in [0.15, 0.2) is 0 Å². The molecule has 4 heteroatoms. The maximum absolute atomic E-state index is 11.5. The minimum Gasteiger partial charge on any atom is -0.464 e. The van der Waals surface area contributed by atoms with E-state index in [1.54, 1.807) is 0 Å². The molecule has 0 aliphatic heterocycles. The fraction of sp³-hybridized carbons (Fsp3) is 0.533. The first kappa shape index (κ1) is 15.3. The van der Waals surface area contributed by atoms with E-state index in [0.717, 1.165) is 24.2 Å². The van der Waals surface area contributed by atoms with Crippen molar-refractivity contribution in [1.82, 2.24) is 0 Å². The van der Waals surface area contributed by atoms with E-state index >= 15 is 0 Å². The molecular formula is C15H24N2O2. The van der Waals surface area contributed by atoms with E-state index in [2.05, 4.69) is 24.1 Å². The molecule has 0 heterocycles. The Labute approximate surface area is 115 Å². The first-order valence-electron chi connectivity index (χ1n) is 6.72. The van der Waals surface area contributed by atoms with Crippen LogP contribution in [0.5, 0.6) is 0 Å². The van der Waals surface area contributed by atoms with Gasteiger partial charge in [-0.3, -0.25) is 4.79 Å². The van der Waals surface area contributed by atoms with Crippen LogP contribution < -0.4 is 10.2 Å². The zero-order valence-electron chi connectivity index (χ0n) is 12.3. The predicted molar refractivity (Wildman–Crippen MR) is 79.9 cm³/mol. The standard InChI is InChI=1S/C15H24N2O2/c1-5-6-9-19-15(18)11-16-13-8-7-12(2)14(10-13)17(3)4/h7-8,10,16H,5-6,9,11H2,1-4H3. The molecule has 19 heavy (non-hydrogen) atoms. The third-order valence-electron chi connectivity index (χ3n) is 2.89. The number of carbonyl (C=O) groups is 1. The van der Waals surface area contributed by atoms with Crippen LogP contribution >= 0.6 is 0 Å². The Bertz CT molecular complexity index is 417. The largest absolute Gasteiger partial charge is 0.464 e. The van der Waals surface area contributed by atoms with Gasteiger partial charge in [0.1, 0.15) is 6.54 Å². The number of unbranched alkanes of at least 4 members (excludes halogenated alkanes) is 1. The molecule has 0 saturated carbocycles. The van der Waals surface area contributed by atoms with Crippen molar-refractivity contribution in [3.05, 3.63) is 23.8 Å². The quantitative estimate of drug-likeness (QED) is 0.607. The van der Waals surface area contributed by atoms with Gasteiger partial charge in [-0.05, 0) is 31.0 Å². The lowest BCUT2D eigenvalue weighted by atomic mass is 10.1. The molecule has 106 valence electrons. The van der Waals surface area contributed by atoms with Gasteiger partial charge in [-0.1, -0.05) is 19.4 Å². The van der Waals surface area contributed by atoms with Crippen molar-refractivity contribution >= 4 is 17.3 Å². The molecular weight excluding hydrogens is 240 g/mol. The Morgan fingerprint density at radius 2 is 2.11 bits per heavy atom. The van der Waals surface area contributed by atoms with Crippen LogP contribution in [0.3, 0.4) is 0 Å². The van der Waals surface area contributed by atoms with Crippen LogP contribution in [-0.4, -0.2) is 33.2 Å². The van der Waals surface area contributed by atoms with Gasteiger partial charge in [0.05, 0.1) is 6.61 Å². The third kappa shape index (κ3) is 5.20. The fourth-order valence-electron chi connectivity index (χ4n) is 1.76. The number of esters is 1. The van der Waals surface area contributed by atoms with Gasteiger partial charge in [-0.15, -0.1) is 0 Å². The molecule has 4 nitrogen and oxygen atoms in total. The van der Waals surface area contributed by atoms with Crippen LogP contribution in [0.15, 0.2) is 18.2 Å². The molecule has 0 atom stereocenters. The number of carbonyl (C=O) groups excluding carboxylic acids is 1. The molecule has 0 fully saturated rings. The lowest BCUT2D eigenvalue weighted by Crippen LogP contribution is -2.18. The first-order chi connectivity index (χ1) is 9.04. The topological polar surface area (TPSA) is 41.6 Å². The van der Waals surface area contributed by atoms with Gasteiger partial charge in [-0.25, -0.2) is 0 Å². The van der Waals surface area contributed by atoms with Crippen molar-refractivity contribution < 1.29 is 9.53 Å². The Hall–Kier alpha value is -1.71. The highest BCUT2D eigenvalue weighted by atomic mass is 16.5. The zero-order valence-corrected chi connectivity index (χ0v) is 12.3. The summed E-state index contributed by atoms with van der Waals surface area (Å²) in [5.41, 5.74) is 3.28. The Balaban J connectivity index is 2.49. The number of rotatable bonds is 7. The summed E-state index contributed by atoms with van der Waals surface area (Å²) in [7, 11) is 4.01. The summed E-state index contributed by atoms with van der Waals surface area (Å²) in [6.07, 6.45) is 1.95. The maximum Gasteiger partial charge on any atom is 0.325 e. The van der Waals surface area contributed by atoms with Crippen molar-refractivity contribution in [2.24, 2.45) is 0 Å². The Morgan fingerprint density at radius 1 is 1.37 bits per heavy atom. The van der Waals surface area contributed by atoms with Crippen LogP contribution in [0.2, 0.25) is 0 Å². The first-order valence-corrected chi connectivity index (χ1v) is 6.72. The van der Waals surface area contributed by atoms with Gasteiger partial charge in [0, 0.05) is 25.5 Å². The highest BCUT2D eigenvalue weighted by Gasteiger charge is 2.05. The number of aryl methyl sites for hydroxylation is 1. The van der Waals surface area contributed by atoms with Gasteiger partial charge >= 0.3 is 5.97 Å². The SMILES string of the molecule is CCCCOC(=O)CNc1ccc(C)c(N(C)C)c1. The molecule has 0 spiro atoms. The van der Waals surface area contributed by atoms with E-state index < -0.39 is 0 Å². The zero-order chi connectivity index (χ0) is 14.3. The van der Waals surface area contributed by atoms with E-state index in [1.807, 2.05) is 32.3 Å².